The minimum Gasteiger partial charge on any atom is -0.492 e. The second-order valence-electron chi connectivity index (χ2n) is 7.20. The lowest BCUT2D eigenvalue weighted by atomic mass is 10.0. The quantitative estimate of drug-likeness (QED) is 0.700. The van der Waals surface area contributed by atoms with E-state index in [9.17, 15) is 9.59 Å². The molecule has 2 amide bonds. The number of nitrogens with zero attached hydrogens (tertiary/aromatic N) is 1. The second-order valence-corrected chi connectivity index (χ2v) is 7.61. The summed E-state index contributed by atoms with van der Waals surface area (Å²) in [6.07, 6.45) is 3.34. The molecule has 0 aliphatic carbocycles. The average Bonchev–Trinajstić information content (AvgIpc) is 2.60. The molecule has 0 atom stereocenters. The van der Waals surface area contributed by atoms with E-state index in [1.165, 1.54) is 0 Å². The van der Waals surface area contributed by atoms with Crippen molar-refractivity contribution in [2.45, 2.75) is 52.0 Å². The van der Waals surface area contributed by atoms with Crippen molar-refractivity contribution < 1.29 is 14.3 Å². The van der Waals surface area contributed by atoms with Gasteiger partial charge >= 0.3 is 0 Å². The molecule has 0 aromatic heterocycles. The summed E-state index contributed by atoms with van der Waals surface area (Å²) in [5.41, 5.74) is 0. The Hall–Kier alpha value is -1.75. The summed E-state index contributed by atoms with van der Waals surface area (Å²) < 4.78 is 5.62. The maximum absolute atomic E-state index is 12.3. The van der Waals surface area contributed by atoms with Gasteiger partial charge in [-0.05, 0) is 37.3 Å². The van der Waals surface area contributed by atoms with Crippen molar-refractivity contribution in [1.82, 2.24) is 10.2 Å². The second kappa shape index (κ2) is 10.4. The Morgan fingerprint density at radius 2 is 1.96 bits per heavy atom. The van der Waals surface area contributed by atoms with Gasteiger partial charge < -0.3 is 15.0 Å². The van der Waals surface area contributed by atoms with Crippen molar-refractivity contribution >= 4 is 23.4 Å². The molecule has 0 radical (unpaired) electrons. The molecule has 1 saturated heterocycles. The summed E-state index contributed by atoms with van der Waals surface area (Å²) in [7, 11) is 0. The Bertz CT molecular complexity index is 598. The van der Waals surface area contributed by atoms with Gasteiger partial charge in [0, 0.05) is 32.0 Å². The van der Waals surface area contributed by atoms with Crippen LogP contribution in [0.1, 0.15) is 46.0 Å². The van der Waals surface area contributed by atoms with E-state index in [0.717, 1.165) is 12.8 Å². The van der Waals surface area contributed by atoms with Crippen LogP contribution in [-0.2, 0) is 9.59 Å². The number of rotatable bonds is 8. The normalized spacial score (nSPS) is 15.2. The van der Waals surface area contributed by atoms with Crippen molar-refractivity contribution in [1.29, 1.82) is 0 Å². The first-order chi connectivity index (χ1) is 12.5. The highest BCUT2D eigenvalue weighted by Gasteiger charge is 2.23. The van der Waals surface area contributed by atoms with E-state index in [2.05, 4.69) is 5.32 Å². The molecular formula is C20H29ClN2O3. The Morgan fingerprint density at radius 1 is 1.27 bits per heavy atom. The Labute approximate surface area is 161 Å². The molecule has 0 bridgehead atoms. The third kappa shape index (κ3) is 6.87. The largest absolute Gasteiger partial charge is 0.492 e. The molecule has 1 aromatic carbocycles. The van der Waals surface area contributed by atoms with E-state index in [1.807, 2.05) is 36.9 Å². The van der Waals surface area contributed by atoms with Gasteiger partial charge in [-0.2, -0.15) is 0 Å². The van der Waals surface area contributed by atoms with Crippen LogP contribution in [-0.4, -0.2) is 42.5 Å². The zero-order chi connectivity index (χ0) is 18.9. The standard InChI is InChI=1S/C20H29ClN2O3/c1-15(2)14-19(24)22-16-9-11-23(12-10-16)20(25)8-5-13-26-18-7-4-3-6-17(18)21/h3-4,6-7,15-16H,5,8-14H2,1-2H3,(H,22,24). The fourth-order valence-corrected chi connectivity index (χ4v) is 3.25. The van der Waals surface area contributed by atoms with E-state index < -0.39 is 0 Å². The first-order valence-corrected chi connectivity index (χ1v) is 9.78. The van der Waals surface area contributed by atoms with Crippen LogP contribution in [0.4, 0.5) is 0 Å². The highest BCUT2D eigenvalue weighted by atomic mass is 35.5. The molecule has 2 rings (SSSR count). The number of piperidine rings is 1. The van der Waals surface area contributed by atoms with E-state index in [1.54, 1.807) is 6.07 Å². The van der Waals surface area contributed by atoms with Crippen LogP contribution >= 0.6 is 11.6 Å². The van der Waals surface area contributed by atoms with E-state index in [0.29, 0.717) is 55.6 Å². The summed E-state index contributed by atoms with van der Waals surface area (Å²) >= 11 is 6.03. The number of nitrogens with one attached hydrogen (secondary N) is 1. The maximum atomic E-state index is 12.3. The summed E-state index contributed by atoms with van der Waals surface area (Å²) in [6.45, 7) is 5.96. The lowest BCUT2D eigenvalue weighted by molar-refractivity contribution is -0.132. The fraction of sp³-hybridized carbons (Fsp3) is 0.600. The number of likely N-dealkylation sites (tertiary alicyclic amines) is 1. The van der Waals surface area contributed by atoms with Crippen LogP contribution in [0, 0.1) is 5.92 Å². The molecule has 1 aromatic rings. The van der Waals surface area contributed by atoms with Crippen molar-refractivity contribution in [3.05, 3.63) is 29.3 Å². The number of halogens is 1. The smallest absolute Gasteiger partial charge is 0.222 e. The van der Waals surface area contributed by atoms with Crippen molar-refractivity contribution in [2.24, 2.45) is 5.92 Å². The molecule has 1 heterocycles. The first kappa shape index (κ1) is 20.6. The van der Waals surface area contributed by atoms with E-state index in [4.69, 9.17) is 16.3 Å². The number of carbonyl (C=O) groups is 2. The molecule has 1 aliphatic rings. The number of benzene rings is 1. The van der Waals surface area contributed by atoms with Crippen molar-refractivity contribution in [3.8, 4) is 5.75 Å². The summed E-state index contributed by atoms with van der Waals surface area (Å²) in [4.78, 5) is 26.0. The molecule has 1 aliphatic heterocycles. The SMILES string of the molecule is CC(C)CC(=O)NC1CCN(C(=O)CCCOc2ccccc2Cl)CC1. The molecule has 26 heavy (non-hydrogen) atoms. The number of para-hydroxylation sites is 1. The van der Waals surface area contributed by atoms with Gasteiger partial charge in [0.05, 0.1) is 11.6 Å². The summed E-state index contributed by atoms with van der Waals surface area (Å²) in [6, 6.07) is 7.52. The molecule has 5 nitrogen and oxygen atoms in total. The lowest BCUT2D eigenvalue weighted by Crippen LogP contribution is -2.46. The third-order valence-electron chi connectivity index (χ3n) is 4.44. The van der Waals surface area contributed by atoms with Crippen molar-refractivity contribution in [2.75, 3.05) is 19.7 Å². The highest BCUT2D eigenvalue weighted by molar-refractivity contribution is 6.32. The number of hydrogen-bond acceptors (Lipinski definition) is 3. The topological polar surface area (TPSA) is 58.6 Å². The van der Waals surface area contributed by atoms with E-state index >= 15 is 0 Å². The first-order valence-electron chi connectivity index (χ1n) is 9.40. The van der Waals surface area contributed by atoms with Gasteiger partial charge in [-0.15, -0.1) is 0 Å². The van der Waals surface area contributed by atoms with E-state index in [-0.39, 0.29) is 17.9 Å². The van der Waals surface area contributed by atoms with Gasteiger partial charge in [-0.1, -0.05) is 37.6 Å². The Balaban J connectivity index is 1.62. The number of amides is 2. The third-order valence-corrected chi connectivity index (χ3v) is 4.75. The minimum absolute atomic E-state index is 0.112. The molecule has 0 spiro atoms. The van der Waals surface area contributed by atoms with Crippen LogP contribution in [0.2, 0.25) is 5.02 Å². The molecule has 144 valence electrons. The maximum Gasteiger partial charge on any atom is 0.222 e. The van der Waals surface area contributed by atoms with Gasteiger partial charge in [0.15, 0.2) is 0 Å². The van der Waals surface area contributed by atoms with Gasteiger partial charge in [0.1, 0.15) is 5.75 Å². The van der Waals surface area contributed by atoms with Crippen molar-refractivity contribution in [3.63, 3.8) is 0 Å². The number of hydrogen-bond donors (Lipinski definition) is 1. The fourth-order valence-electron chi connectivity index (χ4n) is 3.06. The molecule has 0 unspecified atom stereocenters. The molecule has 1 N–H and O–H groups in total. The molecule has 1 fully saturated rings. The zero-order valence-electron chi connectivity index (χ0n) is 15.7. The lowest BCUT2D eigenvalue weighted by Gasteiger charge is -2.32. The van der Waals surface area contributed by atoms with Crippen LogP contribution in [0.3, 0.4) is 0 Å². The van der Waals surface area contributed by atoms with Gasteiger partial charge in [-0.25, -0.2) is 0 Å². The van der Waals surface area contributed by atoms with Gasteiger partial charge in [0.2, 0.25) is 11.8 Å². The summed E-state index contributed by atoms with van der Waals surface area (Å²) in [5, 5.41) is 3.66. The number of ether oxygens (including phenoxy) is 1. The summed E-state index contributed by atoms with van der Waals surface area (Å²) in [5.74, 6) is 1.28. The van der Waals surface area contributed by atoms with Gasteiger partial charge in [-0.3, -0.25) is 9.59 Å². The van der Waals surface area contributed by atoms with Gasteiger partial charge in [0.25, 0.3) is 0 Å². The molecule has 0 saturated carbocycles. The Morgan fingerprint density at radius 3 is 2.62 bits per heavy atom. The molecular weight excluding hydrogens is 352 g/mol. The zero-order valence-corrected chi connectivity index (χ0v) is 16.4. The predicted molar refractivity (Wildman–Crippen MR) is 103 cm³/mol. The van der Waals surface area contributed by atoms with Crippen LogP contribution in [0.25, 0.3) is 0 Å². The molecule has 6 heteroatoms. The predicted octanol–water partition coefficient (Wildman–Crippen LogP) is 3.65. The number of carbonyl (C=O) groups excluding carboxylic acids is 2. The average molecular weight is 381 g/mol. The highest BCUT2D eigenvalue weighted by Crippen LogP contribution is 2.23. The monoisotopic (exact) mass is 380 g/mol. The van der Waals surface area contributed by atoms with Crippen LogP contribution < -0.4 is 10.1 Å². The minimum atomic E-state index is 0.112. The van der Waals surface area contributed by atoms with Crippen LogP contribution in [0.5, 0.6) is 5.75 Å². The Kier molecular flexibility index (Phi) is 8.23. The van der Waals surface area contributed by atoms with Crippen LogP contribution in [0.15, 0.2) is 24.3 Å².